The molecule has 1 N–H and O–H groups in total. The summed E-state index contributed by atoms with van der Waals surface area (Å²) in [5.74, 6) is -0.331. The van der Waals surface area contributed by atoms with Crippen LogP contribution in [0, 0.1) is 13.8 Å². The molecular formula is C28H41N3O4S. The number of aryl methyl sites for hydroxylation is 2. The fraction of sp³-hybridized carbons (Fsp3) is 0.500. The highest BCUT2D eigenvalue weighted by molar-refractivity contribution is 7.92. The van der Waals surface area contributed by atoms with Crippen LogP contribution in [0.5, 0.6) is 0 Å². The topological polar surface area (TPSA) is 86.8 Å². The maximum absolute atomic E-state index is 13.5. The highest BCUT2D eigenvalue weighted by atomic mass is 32.2. The van der Waals surface area contributed by atoms with Crippen molar-refractivity contribution < 1.29 is 18.0 Å². The monoisotopic (exact) mass is 515 g/mol. The number of carbonyl (C=O) groups is 2. The zero-order valence-corrected chi connectivity index (χ0v) is 23.3. The molecule has 2 aromatic carbocycles. The molecule has 0 unspecified atom stereocenters. The van der Waals surface area contributed by atoms with E-state index in [1.165, 1.54) is 10.6 Å². The number of hydrogen-bond donors (Lipinski definition) is 1. The third-order valence-corrected chi connectivity index (χ3v) is 7.42. The van der Waals surface area contributed by atoms with Gasteiger partial charge in [0.2, 0.25) is 21.8 Å². The van der Waals surface area contributed by atoms with E-state index in [0.717, 1.165) is 23.1 Å². The number of nitrogens with one attached hydrogen (secondary N) is 1. The Kier molecular flexibility index (Phi) is 11.0. The van der Waals surface area contributed by atoms with Crippen LogP contribution in [-0.4, -0.2) is 50.0 Å². The van der Waals surface area contributed by atoms with Crippen LogP contribution >= 0.6 is 0 Å². The van der Waals surface area contributed by atoms with Gasteiger partial charge in [0.25, 0.3) is 0 Å². The SMILES string of the molecule is CC[C@@H](C)NC(=O)[C@@H](CC)N(Cc1ccccc1)C(=O)CCCN(c1cc(C)cc(C)c1)S(C)(=O)=O. The van der Waals surface area contributed by atoms with Crippen molar-refractivity contribution in [2.75, 3.05) is 17.1 Å². The molecule has 0 saturated heterocycles. The lowest BCUT2D eigenvalue weighted by atomic mass is 10.1. The molecule has 0 aliphatic heterocycles. The molecule has 0 saturated carbocycles. The fourth-order valence-electron chi connectivity index (χ4n) is 4.24. The molecule has 2 aromatic rings. The van der Waals surface area contributed by atoms with Crippen molar-refractivity contribution in [1.29, 1.82) is 0 Å². The van der Waals surface area contributed by atoms with Crippen molar-refractivity contribution >= 4 is 27.5 Å². The Balaban J connectivity index is 2.22. The van der Waals surface area contributed by atoms with E-state index in [9.17, 15) is 18.0 Å². The minimum atomic E-state index is -3.52. The Hall–Kier alpha value is -2.87. The molecule has 0 fully saturated rings. The zero-order chi connectivity index (χ0) is 26.9. The average Bonchev–Trinajstić information content (AvgIpc) is 2.80. The summed E-state index contributed by atoms with van der Waals surface area (Å²) in [6.07, 6.45) is 2.94. The number of sulfonamides is 1. The van der Waals surface area contributed by atoms with Crippen molar-refractivity contribution in [3.63, 3.8) is 0 Å². The molecule has 2 amide bonds. The maximum Gasteiger partial charge on any atom is 0.243 e. The summed E-state index contributed by atoms with van der Waals surface area (Å²) in [5.41, 5.74) is 3.49. The first-order valence-corrected chi connectivity index (χ1v) is 14.5. The Labute approximate surface area is 216 Å². The fourth-order valence-corrected chi connectivity index (χ4v) is 5.19. The van der Waals surface area contributed by atoms with Crippen LogP contribution in [0.4, 0.5) is 5.69 Å². The summed E-state index contributed by atoms with van der Waals surface area (Å²) in [6, 6.07) is 14.7. The van der Waals surface area contributed by atoms with E-state index in [1.54, 1.807) is 4.90 Å². The second-order valence-electron chi connectivity index (χ2n) is 9.53. The van der Waals surface area contributed by atoms with Gasteiger partial charge in [0.15, 0.2) is 0 Å². The number of amides is 2. The quantitative estimate of drug-likeness (QED) is 0.423. The minimum absolute atomic E-state index is 0.0151. The van der Waals surface area contributed by atoms with Crippen molar-refractivity contribution in [2.45, 2.75) is 78.9 Å². The molecular weight excluding hydrogens is 474 g/mol. The number of benzene rings is 2. The highest BCUT2D eigenvalue weighted by Crippen LogP contribution is 2.22. The second-order valence-corrected chi connectivity index (χ2v) is 11.4. The summed E-state index contributed by atoms with van der Waals surface area (Å²) in [5, 5.41) is 3.01. The molecule has 2 atom stereocenters. The van der Waals surface area contributed by atoms with E-state index in [-0.39, 0.29) is 30.8 Å². The lowest BCUT2D eigenvalue weighted by Gasteiger charge is -2.32. The van der Waals surface area contributed by atoms with Gasteiger partial charge in [-0.3, -0.25) is 13.9 Å². The van der Waals surface area contributed by atoms with E-state index in [4.69, 9.17) is 0 Å². The normalized spacial score (nSPS) is 13.1. The molecule has 7 nitrogen and oxygen atoms in total. The molecule has 0 heterocycles. The van der Waals surface area contributed by atoms with Gasteiger partial charge in [-0.25, -0.2) is 8.42 Å². The van der Waals surface area contributed by atoms with Gasteiger partial charge >= 0.3 is 0 Å². The van der Waals surface area contributed by atoms with Crippen LogP contribution in [0.3, 0.4) is 0 Å². The van der Waals surface area contributed by atoms with E-state index >= 15 is 0 Å². The summed E-state index contributed by atoms with van der Waals surface area (Å²) in [6.45, 7) is 10.2. The van der Waals surface area contributed by atoms with Gasteiger partial charge in [0.1, 0.15) is 6.04 Å². The number of anilines is 1. The van der Waals surface area contributed by atoms with E-state index in [1.807, 2.05) is 83.1 Å². The molecule has 0 aromatic heterocycles. The number of rotatable bonds is 13. The average molecular weight is 516 g/mol. The smallest absolute Gasteiger partial charge is 0.243 e. The van der Waals surface area contributed by atoms with Gasteiger partial charge in [0.05, 0.1) is 11.9 Å². The van der Waals surface area contributed by atoms with Gasteiger partial charge < -0.3 is 10.2 Å². The first-order valence-electron chi connectivity index (χ1n) is 12.7. The molecule has 8 heteroatoms. The van der Waals surface area contributed by atoms with Crippen LogP contribution in [-0.2, 0) is 26.2 Å². The summed E-state index contributed by atoms with van der Waals surface area (Å²) in [7, 11) is -3.52. The van der Waals surface area contributed by atoms with Crippen molar-refractivity contribution in [3.05, 3.63) is 65.2 Å². The zero-order valence-electron chi connectivity index (χ0n) is 22.5. The van der Waals surface area contributed by atoms with Crippen molar-refractivity contribution in [2.24, 2.45) is 0 Å². The first kappa shape index (κ1) is 29.4. The number of carbonyl (C=O) groups excluding carboxylic acids is 2. The molecule has 0 aliphatic carbocycles. The standard InChI is InChI=1S/C28H41N3O4S/c1-7-23(5)29-28(33)26(8-2)30(20-24-13-10-9-11-14-24)27(32)15-12-16-31(36(6,34)35)25-18-21(3)17-22(4)19-25/h9-11,13-14,17-19,23,26H,7-8,12,15-16,20H2,1-6H3,(H,29,33)/t23-,26-/m1/s1. The second kappa shape index (κ2) is 13.4. The van der Waals surface area contributed by atoms with Crippen LogP contribution in [0.2, 0.25) is 0 Å². The molecule has 198 valence electrons. The summed E-state index contributed by atoms with van der Waals surface area (Å²) in [4.78, 5) is 28.1. The van der Waals surface area contributed by atoms with Gasteiger partial charge in [-0.05, 0) is 68.9 Å². The lowest BCUT2D eigenvalue weighted by Crippen LogP contribution is -2.50. The Morgan fingerprint density at radius 3 is 2.11 bits per heavy atom. The van der Waals surface area contributed by atoms with Gasteiger partial charge in [0, 0.05) is 25.6 Å². The van der Waals surface area contributed by atoms with Gasteiger partial charge in [-0.1, -0.05) is 50.2 Å². The van der Waals surface area contributed by atoms with Crippen LogP contribution in [0.1, 0.15) is 63.1 Å². The van der Waals surface area contributed by atoms with Crippen molar-refractivity contribution in [3.8, 4) is 0 Å². The molecule has 2 rings (SSSR count). The molecule has 0 aliphatic rings. The molecule has 36 heavy (non-hydrogen) atoms. The largest absolute Gasteiger partial charge is 0.352 e. The van der Waals surface area contributed by atoms with Gasteiger partial charge in [-0.15, -0.1) is 0 Å². The Morgan fingerprint density at radius 2 is 1.58 bits per heavy atom. The predicted molar refractivity (Wildman–Crippen MR) is 146 cm³/mol. The van der Waals surface area contributed by atoms with Crippen LogP contribution < -0.4 is 9.62 Å². The Morgan fingerprint density at radius 1 is 0.972 bits per heavy atom. The summed E-state index contributed by atoms with van der Waals surface area (Å²) >= 11 is 0. The highest BCUT2D eigenvalue weighted by Gasteiger charge is 2.29. The van der Waals surface area contributed by atoms with Crippen LogP contribution in [0.15, 0.2) is 48.5 Å². The van der Waals surface area contributed by atoms with E-state index in [2.05, 4.69) is 5.32 Å². The van der Waals surface area contributed by atoms with Crippen molar-refractivity contribution in [1.82, 2.24) is 10.2 Å². The Bertz CT molecular complexity index is 1100. The molecule has 0 spiro atoms. The third-order valence-electron chi connectivity index (χ3n) is 6.23. The van der Waals surface area contributed by atoms with Gasteiger partial charge in [-0.2, -0.15) is 0 Å². The maximum atomic E-state index is 13.5. The van der Waals surface area contributed by atoms with Crippen LogP contribution in [0.25, 0.3) is 0 Å². The first-order chi connectivity index (χ1) is 17.0. The minimum Gasteiger partial charge on any atom is -0.352 e. The number of nitrogens with zero attached hydrogens (tertiary/aromatic N) is 2. The van der Waals surface area contributed by atoms with E-state index < -0.39 is 16.1 Å². The third kappa shape index (κ3) is 8.66. The van der Waals surface area contributed by atoms with E-state index in [0.29, 0.717) is 25.1 Å². The lowest BCUT2D eigenvalue weighted by molar-refractivity contribution is -0.141. The number of hydrogen-bond acceptors (Lipinski definition) is 4. The summed E-state index contributed by atoms with van der Waals surface area (Å²) < 4.78 is 26.5. The molecule has 0 bridgehead atoms. The molecule has 0 radical (unpaired) electrons. The predicted octanol–water partition coefficient (Wildman–Crippen LogP) is 4.57.